The third-order valence-electron chi connectivity index (χ3n) is 4.12. The molecule has 0 spiro atoms. The van der Waals surface area contributed by atoms with E-state index in [1.807, 2.05) is 66.7 Å². The van der Waals surface area contributed by atoms with E-state index < -0.39 is 15.1 Å². The van der Waals surface area contributed by atoms with Crippen LogP contribution in [0.25, 0.3) is 0 Å². The summed E-state index contributed by atoms with van der Waals surface area (Å²) in [4.78, 5) is 0.391. The van der Waals surface area contributed by atoms with Crippen LogP contribution in [-0.4, -0.2) is 13.7 Å². The number of hydrogen-bond donors (Lipinski definition) is 0. The van der Waals surface area contributed by atoms with Crippen molar-refractivity contribution >= 4 is 9.84 Å². The Bertz CT molecular complexity index is 816. The molecule has 24 heavy (non-hydrogen) atoms. The number of benzene rings is 3. The Morgan fingerprint density at radius 2 is 0.958 bits per heavy atom. The van der Waals surface area contributed by atoms with Crippen molar-refractivity contribution in [3.63, 3.8) is 0 Å². The highest BCUT2D eigenvalue weighted by Crippen LogP contribution is 2.22. The van der Waals surface area contributed by atoms with Gasteiger partial charge in [0.05, 0.1) is 10.1 Å². The van der Waals surface area contributed by atoms with Crippen LogP contribution in [0.4, 0.5) is 0 Å². The van der Waals surface area contributed by atoms with Gasteiger partial charge in [-0.2, -0.15) is 0 Å². The minimum Gasteiger partial charge on any atom is -0.223 e. The molecule has 0 amide bonds. The lowest BCUT2D eigenvalue weighted by molar-refractivity contribution is 0.576. The fraction of sp³-hybridized carbons (Fsp3) is 0.143. The van der Waals surface area contributed by atoms with Crippen LogP contribution in [0.15, 0.2) is 95.9 Å². The normalized spacial score (nSPS) is 11.5. The number of sulfone groups is 1. The van der Waals surface area contributed by atoms with Gasteiger partial charge in [0.1, 0.15) is 0 Å². The second kappa shape index (κ2) is 7.45. The van der Waals surface area contributed by atoms with E-state index >= 15 is 0 Å². The predicted octanol–water partition coefficient (Wildman–Crippen LogP) is 4.31. The highest BCUT2D eigenvalue weighted by atomic mass is 32.2. The summed E-state index contributed by atoms with van der Waals surface area (Å²) >= 11 is 0. The van der Waals surface area contributed by atoms with Crippen molar-refractivity contribution in [1.82, 2.24) is 0 Å². The van der Waals surface area contributed by atoms with Gasteiger partial charge in [-0.25, -0.2) is 8.42 Å². The van der Waals surface area contributed by atoms with Gasteiger partial charge in [0.15, 0.2) is 9.84 Å². The van der Waals surface area contributed by atoms with Gasteiger partial charge in [-0.15, -0.1) is 0 Å². The Hall–Kier alpha value is -2.39. The van der Waals surface area contributed by atoms with E-state index in [9.17, 15) is 8.42 Å². The Labute approximate surface area is 143 Å². The van der Waals surface area contributed by atoms with Crippen LogP contribution in [0, 0.1) is 0 Å². The van der Waals surface area contributed by atoms with Crippen LogP contribution in [-0.2, 0) is 22.7 Å². The third kappa shape index (κ3) is 3.92. The van der Waals surface area contributed by atoms with Crippen molar-refractivity contribution in [2.45, 2.75) is 23.0 Å². The summed E-state index contributed by atoms with van der Waals surface area (Å²) in [7, 11) is -3.40. The molecule has 0 unspecified atom stereocenters. The van der Waals surface area contributed by atoms with Crippen LogP contribution >= 0.6 is 0 Å². The van der Waals surface area contributed by atoms with Crippen molar-refractivity contribution < 1.29 is 8.42 Å². The van der Waals surface area contributed by atoms with E-state index in [-0.39, 0.29) is 0 Å². The van der Waals surface area contributed by atoms with Crippen molar-refractivity contribution in [1.29, 1.82) is 0 Å². The standard InChI is InChI=1S/C21H20O2S/c22-24(23,20-14-8-3-9-15-20)21(16-18-10-4-1-5-11-18)17-19-12-6-2-7-13-19/h1-15,21H,16-17H2. The lowest BCUT2D eigenvalue weighted by Crippen LogP contribution is -2.26. The van der Waals surface area contributed by atoms with Gasteiger partial charge in [0.25, 0.3) is 0 Å². The van der Waals surface area contributed by atoms with Crippen molar-refractivity contribution in [2.75, 3.05) is 0 Å². The molecule has 122 valence electrons. The molecule has 0 bridgehead atoms. The Morgan fingerprint density at radius 3 is 1.38 bits per heavy atom. The Kier molecular flexibility index (Phi) is 5.11. The van der Waals surface area contributed by atoms with E-state index in [1.165, 1.54) is 0 Å². The van der Waals surface area contributed by atoms with Crippen LogP contribution < -0.4 is 0 Å². The third-order valence-corrected chi connectivity index (χ3v) is 6.26. The van der Waals surface area contributed by atoms with E-state index in [0.717, 1.165) is 11.1 Å². The molecule has 3 aromatic rings. The molecule has 0 aliphatic heterocycles. The molecule has 0 atom stereocenters. The Morgan fingerprint density at radius 1 is 0.583 bits per heavy atom. The van der Waals surface area contributed by atoms with Gasteiger partial charge in [0, 0.05) is 0 Å². The van der Waals surface area contributed by atoms with Gasteiger partial charge in [-0.3, -0.25) is 0 Å². The molecule has 0 heterocycles. The summed E-state index contributed by atoms with van der Waals surface area (Å²) in [5, 5.41) is -0.482. The van der Waals surface area contributed by atoms with Gasteiger partial charge >= 0.3 is 0 Å². The van der Waals surface area contributed by atoms with Crippen molar-refractivity contribution in [3.05, 3.63) is 102 Å². The monoisotopic (exact) mass is 336 g/mol. The van der Waals surface area contributed by atoms with Crippen LogP contribution in [0.2, 0.25) is 0 Å². The van der Waals surface area contributed by atoms with Gasteiger partial charge in [0.2, 0.25) is 0 Å². The first kappa shape index (κ1) is 16.5. The molecule has 0 aromatic heterocycles. The average Bonchev–Trinajstić information content (AvgIpc) is 2.64. The molecule has 3 aromatic carbocycles. The van der Waals surface area contributed by atoms with E-state index in [2.05, 4.69) is 0 Å². The maximum atomic E-state index is 13.1. The maximum absolute atomic E-state index is 13.1. The second-order valence-electron chi connectivity index (χ2n) is 5.86. The predicted molar refractivity (Wildman–Crippen MR) is 97.7 cm³/mol. The van der Waals surface area contributed by atoms with Gasteiger partial charge < -0.3 is 0 Å². The van der Waals surface area contributed by atoms with Crippen LogP contribution in [0.3, 0.4) is 0 Å². The number of hydrogen-bond acceptors (Lipinski definition) is 2. The molecule has 0 radical (unpaired) electrons. The fourth-order valence-corrected chi connectivity index (χ4v) is 4.59. The summed E-state index contributed by atoms with van der Waals surface area (Å²) in [5.41, 5.74) is 2.08. The van der Waals surface area contributed by atoms with Crippen molar-refractivity contribution in [2.24, 2.45) is 0 Å². The zero-order chi connectivity index (χ0) is 16.8. The summed E-state index contributed by atoms with van der Waals surface area (Å²) in [5.74, 6) is 0. The molecular weight excluding hydrogens is 316 g/mol. The summed E-state index contributed by atoms with van der Waals surface area (Å²) in [6, 6.07) is 28.4. The lowest BCUT2D eigenvalue weighted by Gasteiger charge is -2.18. The molecule has 0 aliphatic rings. The molecule has 2 nitrogen and oxygen atoms in total. The van der Waals surface area contributed by atoms with Crippen molar-refractivity contribution in [3.8, 4) is 0 Å². The molecule has 0 fully saturated rings. The molecule has 0 N–H and O–H groups in total. The van der Waals surface area contributed by atoms with Gasteiger partial charge in [-0.05, 0) is 36.1 Å². The Balaban J connectivity index is 1.95. The highest BCUT2D eigenvalue weighted by molar-refractivity contribution is 7.92. The van der Waals surface area contributed by atoms with Gasteiger partial charge in [-0.1, -0.05) is 78.9 Å². The van der Waals surface area contributed by atoms with Crippen LogP contribution in [0.5, 0.6) is 0 Å². The smallest absolute Gasteiger partial charge is 0.181 e. The molecular formula is C21H20O2S. The van der Waals surface area contributed by atoms with E-state index in [4.69, 9.17) is 0 Å². The minimum absolute atomic E-state index is 0.391. The van der Waals surface area contributed by atoms with Crippen LogP contribution in [0.1, 0.15) is 11.1 Å². The molecule has 0 saturated carbocycles. The topological polar surface area (TPSA) is 34.1 Å². The van der Waals surface area contributed by atoms with E-state index in [1.54, 1.807) is 24.3 Å². The van der Waals surface area contributed by atoms with E-state index in [0.29, 0.717) is 17.7 Å². The zero-order valence-electron chi connectivity index (χ0n) is 13.4. The average molecular weight is 336 g/mol. The summed E-state index contributed by atoms with van der Waals surface area (Å²) in [6.07, 6.45) is 1.01. The first-order valence-electron chi connectivity index (χ1n) is 8.03. The number of rotatable bonds is 6. The first-order chi connectivity index (χ1) is 11.7. The lowest BCUT2D eigenvalue weighted by atomic mass is 10.0. The molecule has 0 aliphatic carbocycles. The second-order valence-corrected chi connectivity index (χ2v) is 8.09. The highest BCUT2D eigenvalue weighted by Gasteiger charge is 2.27. The molecule has 3 heteroatoms. The molecule has 0 saturated heterocycles. The quantitative estimate of drug-likeness (QED) is 0.672. The zero-order valence-corrected chi connectivity index (χ0v) is 14.2. The minimum atomic E-state index is -3.40. The first-order valence-corrected chi connectivity index (χ1v) is 9.58. The summed E-state index contributed by atoms with van der Waals surface area (Å²) < 4.78 is 26.3. The summed E-state index contributed by atoms with van der Waals surface area (Å²) in [6.45, 7) is 0. The SMILES string of the molecule is O=S(=O)(c1ccccc1)C(Cc1ccccc1)Cc1ccccc1. The largest absolute Gasteiger partial charge is 0.223 e. The maximum Gasteiger partial charge on any atom is 0.181 e. The fourth-order valence-electron chi connectivity index (χ4n) is 2.85. The molecule has 3 rings (SSSR count).